The Hall–Kier alpha value is -2.75. The predicted octanol–water partition coefficient (Wildman–Crippen LogP) is 3.71. The second-order valence-corrected chi connectivity index (χ2v) is 5.62. The first-order chi connectivity index (χ1) is 11.7. The molecule has 24 heavy (non-hydrogen) atoms. The third kappa shape index (κ3) is 3.27. The van der Waals surface area contributed by atoms with Crippen LogP contribution in [0.2, 0.25) is 0 Å². The predicted molar refractivity (Wildman–Crippen MR) is 96.6 cm³/mol. The molecule has 0 saturated heterocycles. The summed E-state index contributed by atoms with van der Waals surface area (Å²) in [6, 6.07) is 17.7. The Balaban J connectivity index is 2.07. The van der Waals surface area contributed by atoms with Gasteiger partial charge in [0, 0.05) is 24.0 Å². The minimum atomic E-state index is 0.0999. The van der Waals surface area contributed by atoms with E-state index < -0.39 is 0 Å². The van der Waals surface area contributed by atoms with E-state index in [1.54, 1.807) is 0 Å². The van der Waals surface area contributed by atoms with Crippen molar-refractivity contribution in [1.29, 1.82) is 0 Å². The van der Waals surface area contributed by atoms with Crippen LogP contribution in [0.1, 0.15) is 19.5 Å². The van der Waals surface area contributed by atoms with Crippen LogP contribution < -0.4 is 0 Å². The number of aromatic nitrogens is 2. The van der Waals surface area contributed by atoms with E-state index >= 15 is 0 Å². The van der Waals surface area contributed by atoms with E-state index in [-0.39, 0.29) is 5.91 Å². The summed E-state index contributed by atoms with van der Waals surface area (Å²) >= 11 is 0. The first-order valence-corrected chi connectivity index (χ1v) is 8.31. The molecule has 0 spiro atoms. The van der Waals surface area contributed by atoms with Crippen LogP contribution in [0.25, 0.3) is 22.3 Å². The zero-order chi connectivity index (χ0) is 16.9. The summed E-state index contributed by atoms with van der Waals surface area (Å²) in [5.41, 5.74) is 2.62. The van der Waals surface area contributed by atoms with Crippen LogP contribution in [0, 0.1) is 0 Å². The molecule has 0 radical (unpaired) electrons. The van der Waals surface area contributed by atoms with Gasteiger partial charge in [-0.25, -0.2) is 9.97 Å². The highest BCUT2D eigenvalue weighted by Gasteiger charge is 2.15. The molecular weight excluding hydrogens is 298 g/mol. The second-order valence-electron chi connectivity index (χ2n) is 5.62. The Bertz CT molecular complexity index is 842. The van der Waals surface area contributed by atoms with Gasteiger partial charge in [0.25, 0.3) is 0 Å². The molecule has 0 atom stereocenters. The molecule has 1 heterocycles. The Morgan fingerprint density at radius 3 is 2.29 bits per heavy atom. The Morgan fingerprint density at radius 2 is 1.58 bits per heavy atom. The number of nitrogens with zero attached hydrogens (tertiary/aromatic N) is 3. The van der Waals surface area contributed by atoms with Crippen LogP contribution >= 0.6 is 0 Å². The number of hydrogen-bond donors (Lipinski definition) is 0. The maximum Gasteiger partial charge on any atom is 0.228 e. The van der Waals surface area contributed by atoms with Crippen molar-refractivity contribution in [3.05, 3.63) is 60.3 Å². The van der Waals surface area contributed by atoms with E-state index in [0.29, 0.717) is 25.3 Å². The standard InChI is InChI=1S/C20H21N3O/c1-3-23(4-2)19(24)14-18-16-12-8-9-13-17(16)21-20(22-18)15-10-6-5-7-11-15/h5-13H,3-4,14H2,1-2H3. The number of carbonyl (C=O) groups is 1. The molecule has 1 amide bonds. The first kappa shape index (κ1) is 16.1. The maximum atomic E-state index is 12.5. The largest absolute Gasteiger partial charge is 0.343 e. The fourth-order valence-electron chi connectivity index (χ4n) is 2.82. The van der Waals surface area contributed by atoms with Gasteiger partial charge < -0.3 is 4.90 Å². The van der Waals surface area contributed by atoms with E-state index in [9.17, 15) is 4.79 Å². The molecule has 3 aromatic rings. The van der Waals surface area contributed by atoms with Gasteiger partial charge >= 0.3 is 0 Å². The number of carbonyl (C=O) groups excluding carboxylic acids is 1. The number of rotatable bonds is 5. The molecule has 4 heteroatoms. The van der Waals surface area contributed by atoms with Gasteiger partial charge in [-0.2, -0.15) is 0 Å². The smallest absolute Gasteiger partial charge is 0.228 e. The maximum absolute atomic E-state index is 12.5. The Morgan fingerprint density at radius 1 is 0.917 bits per heavy atom. The molecule has 0 saturated carbocycles. The van der Waals surface area contributed by atoms with E-state index in [4.69, 9.17) is 4.98 Å². The molecular formula is C20H21N3O. The van der Waals surface area contributed by atoms with Crippen molar-refractivity contribution < 1.29 is 4.79 Å². The van der Waals surface area contributed by atoms with E-state index in [0.717, 1.165) is 22.2 Å². The fraction of sp³-hybridized carbons (Fsp3) is 0.250. The fourth-order valence-corrected chi connectivity index (χ4v) is 2.82. The normalized spacial score (nSPS) is 10.8. The lowest BCUT2D eigenvalue weighted by molar-refractivity contribution is -0.130. The lowest BCUT2D eigenvalue weighted by atomic mass is 10.1. The molecule has 0 fully saturated rings. The van der Waals surface area contributed by atoms with Gasteiger partial charge in [0.15, 0.2) is 5.82 Å². The molecule has 1 aromatic heterocycles. The lowest BCUT2D eigenvalue weighted by Crippen LogP contribution is -2.32. The van der Waals surface area contributed by atoms with Gasteiger partial charge in [0.1, 0.15) is 0 Å². The molecule has 0 aliphatic carbocycles. The molecule has 0 aliphatic rings. The molecule has 0 aliphatic heterocycles. The average molecular weight is 319 g/mol. The monoisotopic (exact) mass is 319 g/mol. The minimum Gasteiger partial charge on any atom is -0.343 e. The number of para-hydroxylation sites is 1. The van der Waals surface area contributed by atoms with Crippen LogP contribution in [0.4, 0.5) is 0 Å². The lowest BCUT2D eigenvalue weighted by Gasteiger charge is -2.19. The zero-order valence-electron chi connectivity index (χ0n) is 14.1. The highest BCUT2D eigenvalue weighted by Crippen LogP contribution is 2.22. The number of benzene rings is 2. The second kappa shape index (κ2) is 7.21. The van der Waals surface area contributed by atoms with Crippen LogP contribution in [0.15, 0.2) is 54.6 Å². The summed E-state index contributed by atoms with van der Waals surface area (Å²) in [5.74, 6) is 0.763. The summed E-state index contributed by atoms with van der Waals surface area (Å²) in [6.07, 6.45) is 0.296. The highest BCUT2D eigenvalue weighted by molar-refractivity contribution is 5.88. The summed E-state index contributed by atoms with van der Waals surface area (Å²) in [4.78, 5) is 23.7. The third-order valence-electron chi connectivity index (χ3n) is 4.15. The zero-order valence-corrected chi connectivity index (χ0v) is 14.1. The molecule has 0 unspecified atom stereocenters. The van der Waals surface area contributed by atoms with Crippen LogP contribution in [-0.2, 0) is 11.2 Å². The van der Waals surface area contributed by atoms with E-state index in [1.807, 2.05) is 73.3 Å². The molecule has 0 bridgehead atoms. The Labute approximate surface area is 142 Å². The summed E-state index contributed by atoms with van der Waals surface area (Å²) in [6.45, 7) is 5.41. The molecule has 3 rings (SSSR count). The number of fused-ring (bicyclic) bond motifs is 1. The van der Waals surface area contributed by atoms with Gasteiger partial charge in [-0.05, 0) is 19.9 Å². The topological polar surface area (TPSA) is 46.1 Å². The van der Waals surface area contributed by atoms with Crippen molar-refractivity contribution in [3.8, 4) is 11.4 Å². The van der Waals surface area contributed by atoms with Crippen molar-refractivity contribution in [2.75, 3.05) is 13.1 Å². The number of likely N-dealkylation sites (N-methyl/N-ethyl adjacent to an activating group) is 1. The summed E-state index contributed by atoms with van der Waals surface area (Å²) in [5, 5.41) is 0.942. The number of amides is 1. The van der Waals surface area contributed by atoms with Crippen LogP contribution in [-0.4, -0.2) is 33.9 Å². The van der Waals surface area contributed by atoms with Crippen molar-refractivity contribution in [2.24, 2.45) is 0 Å². The van der Waals surface area contributed by atoms with Gasteiger partial charge in [-0.15, -0.1) is 0 Å². The van der Waals surface area contributed by atoms with Crippen LogP contribution in [0.3, 0.4) is 0 Å². The van der Waals surface area contributed by atoms with Gasteiger partial charge in [0.2, 0.25) is 5.91 Å². The van der Waals surface area contributed by atoms with Crippen molar-refractivity contribution in [1.82, 2.24) is 14.9 Å². The van der Waals surface area contributed by atoms with Gasteiger partial charge in [0.05, 0.1) is 17.6 Å². The van der Waals surface area contributed by atoms with E-state index in [2.05, 4.69) is 4.98 Å². The molecule has 0 N–H and O–H groups in total. The third-order valence-corrected chi connectivity index (χ3v) is 4.15. The average Bonchev–Trinajstić information content (AvgIpc) is 2.63. The van der Waals surface area contributed by atoms with Crippen molar-refractivity contribution >= 4 is 16.8 Å². The molecule has 122 valence electrons. The minimum absolute atomic E-state index is 0.0999. The quantitative estimate of drug-likeness (QED) is 0.720. The van der Waals surface area contributed by atoms with Gasteiger partial charge in [-0.3, -0.25) is 4.79 Å². The first-order valence-electron chi connectivity index (χ1n) is 8.31. The summed E-state index contributed by atoms with van der Waals surface area (Å²) in [7, 11) is 0. The Kier molecular flexibility index (Phi) is 4.85. The SMILES string of the molecule is CCN(CC)C(=O)Cc1nc(-c2ccccc2)nc2ccccc12. The number of hydrogen-bond acceptors (Lipinski definition) is 3. The van der Waals surface area contributed by atoms with Crippen molar-refractivity contribution in [2.45, 2.75) is 20.3 Å². The molecule has 4 nitrogen and oxygen atoms in total. The highest BCUT2D eigenvalue weighted by atomic mass is 16.2. The summed E-state index contributed by atoms with van der Waals surface area (Å²) < 4.78 is 0. The van der Waals surface area contributed by atoms with Crippen molar-refractivity contribution in [3.63, 3.8) is 0 Å². The van der Waals surface area contributed by atoms with Crippen LogP contribution in [0.5, 0.6) is 0 Å². The van der Waals surface area contributed by atoms with Gasteiger partial charge in [-0.1, -0.05) is 48.5 Å². The molecule has 2 aromatic carbocycles. The van der Waals surface area contributed by atoms with E-state index in [1.165, 1.54) is 0 Å².